The van der Waals surface area contributed by atoms with Gasteiger partial charge in [-0.3, -0.25) is 9.79 Å². The fourth-order valence-corrected chi connectivity index (χ4v) is 1.19. The third kappa shape index (κ3) is 1.96. The quantitative estimate of drug-likeness (QED) is 0.485. The van der Waals surface area contributed by atoms with E-state index in [1.807, 2.05) is 0 Å². The van der Waals surface area contributed by atoms with E-state index in [4.69, 9.17) is 16.2 Å². The Bertz CT molecular complexity index is 393. The third-order valence-corrected chi connectivity index (χ3v) is 2.03. The molecule has 1 heterocycles. The highest BCUT2D eigenvalue weighted by Gasteiger charge is 2.47. The van der Waals surface area contributed by atoms with E-state index in [2.05, 4.69) is 4.99 Å². The van der Waals surface area contributed by atoms with Crippen molar-refractivity contribution in [3.63, 3.8) is 0 Å². The predicted octanol–water partition coefficient (Wildman–Crippen LogP) is -0.521. The van der Waals surface area contributed by atoms with Gasteiger partial charge in [0.2, 0.25) is 5.54 Å². The second-order valence-corrected chi connectivity index (χ2v) is 4.53. The van der Waals surface area contributed by atoms with Gasteiger partial charge in [0, 0.05) is 6.20 Å². The van der Waals surface area contributed by atoms with Crippen LogP contribution in [0.2, 0.25) is 0 Å². The van der Waals surface area contributed by atoms with Crippen molar-refractivity contribution in [1.82, 2.24) is 0 Å². The topological polar surface area (TPSA) is 108 Å². The molecule has 0 aliphatic carbocycles. The summed E-state index contributed by atoms with van der Waals surface area (Å²) in [4.78, 5) is 26.3. The van der Waals surface area contributed by atoms with Crippen LogP contribution in [0.4, 0.5) is 0 Å². The van der Waals surface area contributed by atoms with Crippen molar-refractivity contribution in [2.24, 2.45) is 16.5 Å². The molecular weight excluding hydrogens is 210 g/mol. The zero-order chi connectivity index (χ0) is 12.6. The van der Waals surface area contributed by atoms with Crippen LogP contribution in [-0.2, 0) is 14.3 Å². The molecule has 0 amide bonds. The Morgan fingerprint density at radius 3 is 2.56 bits per heavy atom. The first-order chi connectivity index (χ1) is 7.21. The molecule has 0 radical (unpaired) electrons. The average Bonchev–Trinajstić information content (AvgIpc) is 2.42. The Morgan fingerprint density at radius 2 is 2.12 bits per heavy atom. The van der Waals surface area contributed by atoms with E-state index in [0.717, 1.165) is 0 Å². The van der Waals surface area contributed by atoms with Crippen molar-refractivity contribution in [2.75, 3.05) is 0 Å². The molecule has 0 aromatic carbocycles. The molecule has 1 unspecified atom stereocenters. The molecule has 1 atom stereocenters. The molecule has 0 aromatic heterocycles. The van der Waals surface area contributed by atoms with Gasteiger partial charge in [-0.15, -0.1) is 0 Å². The number of aliphatic imine (C=N–C) groups is 1. The normalized spacial score (nSPS) is 24.8. The van der Waals surface area contributed by atoms with Crippen LogP contribution >= 0.6 is 0 Å². The molecule has 16 heavy (non-hydrogen) atoms. The Kier molecular flexibility index (Phi) is 2.87. The van der Waals surface area contributed by atoms with Gasteiger partial charge in [0.25, 0.3) is 0 Å². The summed E-state index contributed by atoms with van der Waals surface area (Å²) in [5.74, 6) is -0.780. The van der Waals surface area contributed by atoms with Crippen molar-refractivity contribution in [3.8, 4) is 0 Å². The zero-order valence-corrected chi connectivity index (χ0v) is 9.48. The molecule has 1 aliphatic heterocycles. The largest absolute Gasteiger partial charge is 0.458 e. The lowest BCUT2D eigenvalue weighted by atomic mass is 9.93. The van der Waals surface area contributed by atoms with Crippen molar-refractivity contribution in [1.29, 1.82) is 0 Å². The SMILES string of the molecule is CC(C)(C)OC(=O)C1(N)C(N)=CN=C1C=O. The summed E-state index contributed by atoms with van der Waals surface area (Å²) >= 11 is 0. The fourth-order valence-electron chi connectivity index (χ4n) is 1.19. The van der Waals surface area contributed by atoms with E-state index in [9.17, 15) is 9.59 Å². The van der Waals surface area contributed by atoms with Crippen LogP contribution in [0.5, 0.6) is 0 Å². The number of esters is 1. The van der Waals surface area contributed by atoms with Crippen LogP contribution in [-0.4, -0.2) is 29.1 Å². The second kappa shape index (κ2) is 3.71. The minimum absolute atomic E-state index is 0.00356. The zero-order valence-electron chi connectivity index (χ0n) is 9.48. The van der Waals surface area contributed by atoms with Gasteiger partial charge in [-0.25, -0.2) is 4.79 Å². The number of nitrogens with two attached hydrogens (primary N) is 2. The van der Waals surface area contributed by atoms with Crippen LogP contribution in [0.25, 0.3) is 0 Å². The molecule has 88 valence electrons. The third-order valence-electron chi connectivity index (χ3n) is 2.03. The maximum atomic E-state index is 11.9. The van der Waals surface area contributed by atoms with Crippen molar-refractivity contribution < 1.29 is 14.3 Å². The molecule has 0 bridgehead atoms. The van der Waals surface area contributed by atoms with Gasteiger partial charge in [-0.1, -0.05) is 0 Å². The van der Waals surface area contributed by atoms with Gasteiger partial charge in [-0.05, 0) is 20.8 Å². The van der Waals surface area contributed by atoms with Gasteiger partial charge in [0.05, 0.1) is 5.70 Å². The van der Waals surface area contributed by atoms with Crippen LogP contribution in [0.3, 0.4) is 0 Å². The summed E-state index contributed by atoms with van der Waals surface area (Å²) in [5.41, 5.74) is 8.74. The summed E-state index contributed by atoms with van der Waals surface area (Å²) in [6.07, 6.45) is 1.59. The molecule has 1 rings (SSSR count). The van der Waals surface area contributed by atoms with Gasteiger partial charge in [0.1, 0.15) is 11.3 Å². The number of carbonyl (C=O) groups is 2. The predicted molar refractivity (Wildman–Crippen MR) is 58.5 cm³/mol. The number of aldehydes is 1. The number of rotatable bonds is 2. The van der Waals surface area contributed by atoms with Crippen LogP contribution in [0.15, 0.2) is 16.9 Å². The molecule has 0 spiro atoms. The molecule has 4 N–H and O–H groups in total. The van der Waals surface area contributed by atoms with E-state index in [0.29, 0.717) is 6.29 Å². The number of nitrogens with zero attached hydrogens (tertiary/aromatic N) is 1. The minimum atomic E-state index is -1.75. The van der Waals surface area contributed by atoms with E-state index in [-0.39, 0.29) is 11.4 Å². The number of ether oxygens (including phenoxy) is 1. The molecule has 0 saturated carbocycles. The molecule has 6 nitrogen and oxygen atoms in total. The fraction of sp³-hybridized carbons (Fsp3) is 0.500. The van der Waals surface area contributed by atoms with Crippen LogP contribution in [0.1, 0.15) is 20.8 Å². The molecule has 0 fully saturated rings. The highest BCUT2D eigenvalue weighted by Crippen LogP contribution is 2.22. The highest BCUT2D eigenvalue weighted by molar-refractivity contribution is 6.40. The molecule has 6 heteroatoms. The first-order valence-corrected chi connectivity index (χ1v) is 4.73. The Hall–Kier alpha value is -1.69. The van der Waals surface area contributed by atoms with Crippen molar-refractivity contribution in [3.05, 3.63) is 11.9 Å². The summed E-state index contributed by atoms with van der Waals surface area (Å²) < 4.78 is 5.10. The van der Waals surface area contributed by atoms with Gasteiger partial charge < -0.3 is 16.2 Å². The lowest BCUT2D eigenvalue weighted by molar-refractivity contribution is -0.157. The molecule has 1 aliphatic rings. The highest BCUT2D eigenvalue weighted by atomic mass is 16.6. The monoisotopic (exact) mass is 225 g/mol. The van der Waals surface area contributed by atoms with E-state index in [1.54, 1.807) is 20.8 Å². The molecule has 0 saturated heterocycles. The summed E-state index contributed by atoms with van der Waals surface area (Å²) in [7, 11) is 0. The standard InChI is InChI=1S/C10H15N3O3/c1-9(2,3)16-8(15)10(12)6(11)4-13-7(10)5-14/h4-5H,11-12H2,1-3H3. The smallest absolute Gasteiger partial charge is 0.339 e. The van der Waals surface area contributed by atoms with Gasteiger partial charge in [-0.2, -0.15) is 0 Å². The Morgan fingerprint density at radius 1 is 1.56 bits per heavy atom. The minimum Gasteiger partial charge on any atom is -0.458 e. The van der Waals surface area contributed by atoms with Crippen molar-refractivity contribution >= 4 is 18.0 Å². The summed E-state index contributed by atoms with van der Waals surface area (Å²) in [6.45, 7) is 5.09. The number of carbonyl (C=O) groups excluding carboxylic acids is 2. The number of hydrogen-bond donors (Lipinski definition) is 2. The average molecular weight is 225 g/mol. The first-order valence-electron chi connectivity index (χ1n) is 4.73. The Labute approximate surface area is 93.3 Å². The van der Waals surface area contributed by atoms with Gasteiger partial charge in [0.15, 0.2) is 6.29 Å². The summed E-state index contributed by atoms with van der Waals surface area (Å²) in [5, 5.41) is 0. The lowest BCUT2D eigenvalue weighted by Gasteiger charge is -2.28. The van der Waals surface area contributed by atoms with Crippen LogP contribution in [0, 0.1) is 0 Å². The maximum Gasteiger partial charge on any atom is 0.339 e. The lowest BCUT2D eigenvalue weighted by Crippen LogP contribution is -2.59. The molecule has 0 aromatic rings. The molecular formula is C10H15N3O3. The Balaban J connectivity index is 3.01. The number of hydrogen-bond acceptors (Lipinski definition) is 6. The van der Waals surface area contributed by atoms with E-state index >= 15 is 0 Å². The maximum absolute atomic E-state index is 11.9. The second-order valence-electron chi connectivity index (χ2n) is 4.53. The van der Waals surface area contributed by atoms with E-state index in [1.165, 1.54) is 6.20 Å². The summed E-state index contributed by atoms with van der Waals surface area (Å²) in [6, 6.07) is 0. The van der Waals surface area contributed by atoms with Crippen molar-refractivity contribution in [2.45, 2.75) is 31.9 Å². The van der Waals surface area contributed by atoms with E-state index < -0.39 is 17.1 Å². The van der Waals surface area contributed by atoms with Crippen LogP contribution < -0.4 is 11.5 Å². The first kappa shape index (κ1) is 12.4. The van der Waals surface area contributed by atoms with Gasteiger partial charge >= 0.3 is 5.97 Å².